The molecule has 1 amide bonds. The molecular weight excluding hydrogens is 287 g/mol. The molecule has 1 aromatic rings. The highest BCUT2D eigenvalue weighted by Gasteiger charge is 2.24. The topological polar surface area (TPSA) is 64.4 Å². The number of hydrogen-bond acceptors (Lipinski definition) is 3. The van der Waals surface area contributed by atoms with Gasteiger partial charge < -0.3 is 15.8 Å². The Bertz CT molecular complexity index is 441. The summed E-state index contributed by atoms with van der Waals surface area (Å²) >= 11 is 6.07. The van der Waals surface area contributed by atoms with Crippen LogP contribution in [0.5, 0.6) is 5.75 Å². The Balaban J connectivity index is 0.00000180. The number of amides is 1. The Morgan fingerprint density at radius 1 is 1.53 bits per heavy atom. The standard InChI is InChI=1S/C13H17ClN2O2.ClH/c14-10-4-1-3-9-11(6-8-18-13(9)10)16-12(17)5-2-7-15;/h1,3-4,11H,2,5-8,15H2,(H,16,17);1H. The molecule has 1 atom stereocenters. The van der Waals surface area contributed by atoms with Crippen LogP contribution in [-0.2, 0) is 4.79 Å². The van der Waals surface area contributed by atoms with Crippen molar-refractivity contribution in [2.45, 2.75) is 25.3 Å². The Morgan fingerprint density at radius 2 is 2.32 bits per heavy atom. The lowest BCUT2D eigenvalue weighted by Gasteiger charge is -2.27. The van der Waals surface area contributed by atoms with E-state index in [1.54, 1.807) is 6.07 Å². The van der Waals surface area contributed by atoms with Crippen LogP contribution >= 0.6 is 24.0 Å². The van der Waals surface area contributed by atoms with Gasteiger partial charge in [-0.25, -0.2) is 0 Å². The number of para-hydroxylation sites is 1. The predicted octanol–water partition coefficient (Wildman–Crippen LogP) is 2.44. The Morgan fingerprint density at radius 3 is 3.05 bits per heavy atom. The summed E-state index contributed by atoms with van der Waals surface area (Å²) in [6.07, 6.45) is 1.93. The first-order valence-electron chi connectivity index (χ1n) is 6.13. The van der Waals surface area contributed by atoms with E-state index >= 15 is 0 Å². The maximum absolute atomic E-state index is 11.7. The average Bonchev–Trinajstić information content (AvgIpc) is 2.38. The molecule has 3 N–H and O–H groups in total. The van der Waals surface area contributed by atoms with Crippen molar-refractivity contribution in [3.8, 4) is 5.75 Å². The summed E-state index contributed by atoms with van der Waals surface area (Å²) in [5, 5.41) is 3.60. The van der Waals surface area contributed by atoms with Crippen molar-refractivity contribution in [3.05, 3.63) is 28.8 Å². The van der Waals surface area contributed by atoms with Crippen molar-refractivity contribution in [2.24, 2.45) is 5.73 Å². The molecule has 0 spiro atoms. The van der Waals surface area contributed by atoms with E-state index in [0.29, 0.717) is 36.8 Å². The van der Waals surface area contributed by atoms with Crippen LogP contribution in [0.25, 0.3) is 0 Å². The number of rotatable bonds is 4. The number of carbonyl (C=O) groups is 1. The van der Waals surface area contributed by atoms with Gasteiger partial charge in [0.15, 0.2) is 0 Å². The van der Waals surface area contributed by atoms with Gasteiger partial charge in [0.1, 0.15) is 5.75 Å². The Hall–Kier alpha value is -0.970. The van der Waals surface area contributed by atoms with Gasteiger partial charge >= 0.3 is 0 Å². The molecule has 4 nitrogen and oxygen atoms in total. The third-order valence-corrected chi connectivity index (χ3v) is 3.27. The molecule has 1 heterocycles. The minimum Gasteiger partial charge on any atom is -0.492 e. The molecule has 1 aromatic carbocycles. The van der Waals surface area contributed by atoms with E-state index in [1.165, 1.54) is 0 Å². The first-order valence-corrected chi connectivity index (χ1v) is 6.51. The zero-order chi connectivity index (χ0) is 13.0. The fourth-order valence-electron chi connectivity index (χ4n) is 2.07. The first kappa shape index (κ1) is 16.1. The fraction of sp³-hybridized carbons (Fsp3) is 0.462. The van der Waals surface area contributed by atoms with Crippen molar-refractivity contribution in [1.29, 1.82) is 0 Å². The summed E-state index contributed by atoms with van der Waals surface area (Å²) in [5.74, 6) is 0.716. The van der Waals surface area contributed by atoms with Crippen LogP contribution in [0.15, 0.2) is 18.2 Å². The van der Waals surface area contributed by atoms with Crippen molar-refractivity contribution in [3.63, 3.8) is 0 Å². The number of ether oxygens (including phenoxy) is 1. The Labute approximate surface area is 124 Å². The summed E-state index contributed by atoms with van der Waals surface area (Å²) < 4.78 is 5.54. The number of nitrogens with one attached hydrogen (secondary N) is 1. The number of halogens is 2. The van der Waals surface area contributed by atoms with Crippen LogP contribution in [0, 0.1) is 0 Å². The predicted molar refractivity (Wildman–Crippen MR) is 78.0 cm³/mol. The quantitative estimate of drug-likeness (QED) is 0.898. The highest BCUT2D eigenvalue weighted by atomic mass is 35.5. The van der Waals surface area contributed by atoms with E-state index in [2.05, 4.69) is 5.32 Å². The van der Waals surface area contributed by atoms with E-state index in [1.807, 2.05) is 12.1 Å². The third-order valence-electron chi connectivity index (χ3n) is 2.97. The molecule has 1 aliphatic rings. The van der Waals surface area contributed by atoms with E-state index in [4.69, 9.17) is 22.1 Å². The molecule has 0 aliphatic carbocycles. The first-order chi connectivity index (χ1) is 8.72. The van der Waals surface area contributed by atoms with Gasteiger partial charge in [-0.15, -0.1) is 12.4 Å². The summed E-state index contributed by atoms with van der Waals surface area (Å²) in [7, 11) is 0. The van der Waals surface area contributed by atoms with E-state index < -0.39 is 0 Å². The molecule has 1 aliphatic heterocycles. The average molecular weight is 305 g/mol. The largest absolute Gasteiger partial charge is 0.492 e. The monoisotopic (exact) mass is 304 g/mol. The molecule has 0 saturated carbocycles. The van der Waals surface area contributed by atoms with E-state index in [0.717, 1.165) is 12.0 Å². The lowest BCUT2D eigenvalue weighted by Crippen LogP contribution is -2.32. The zero-order valence-corrected chi connectivity index (χ0v) is 12.1. The van der Waals surface area contributed by atoms with Gasteiger partial charge in [0.25, 0.3) is 0 Å². The third kappa shape index (κ3) is 4.00. The number of hydrogen-bond donors (Lipinski definition) is 2. The molecule has 0 fully saturated rings. The number of nitrogens with two attached hydrogens (primary N) is 1. The maximum Gasteiger partial charge on any atom is 0.220 e. The summed E-state index contributed by atoms with van der Waals surface area (Å²) in [4.78, 5) is 11.7. The zero-order valence-electron chi connectivity index (χ0n) is 10.5. The van der Waals surface area contributed by atoms with Crippen molar-refractivity contribution >= 4 is 29.9 Å². The molecule has 1 unspecified atom stereocenters. The Kier molecular flexibility index (Phi) is 6.42. The van der Waals surface area contributed by atoms with Crippen LogP contribution in [-0.4, -0.2) is 19.1 Å². The summed E-state index contributed by atoms with van der Waals surface area (Å²) in [5.41, 5.74) is 6.34. The molecule has 2 rings (SSSR count). The van der Waals surface area contributed by atoms with E-state index in [9.17, 15) is 4.79 Å². The second-order valence-corrected chi connectivity index (χ2v) is 4.71. The lowest BCUT2D eigenvalue weighted by molar-refractivity contribution is -0.122. The number of carbonyl (C=O) groups excluding carboxylic acids is 1. The minimum absolute atomic E-state index is 0. The molecule has 6 heteroatoms. The van der Waals surface area contributed by atoms with Crippen LogP contribution in [0.4, 0.5) is 0 Å². The molecule has 0 aromatic heterocycles. The van der Waals surface area contributed by atoms with E-state index in [-0.39, 0.29) is 24.4 Å². The molecule has 106 valence electrons. The molecule has 0 saturated heterocycles. The van der Waals surface area contributed by atoms with Gasteiger partial charge in [-0.1, -0.05) is 23.7 Å². The lowest BCUT2D eigenvalue weighted by atomic mass is 10.0. The van der Waals surface area contributed by atoms with Crippen LogP contribution in [0.1, 0.15) is 30.9 Å². The summed E-state index contributed by atoms with van der Waals surface area (Å²) in [6.45, 7) is 1.10. The molecule has 0 bridgehead atoms. The number of benzene rings is 1. The van der Waals surface area contributed by atoms with Crippen LogP contribution < -0.4 is 15.8 Å². The fourth-order valence-corrected chi connectivity index (χ4v) is 2.30. The molecular formula is C13H18Cl2N2O2. The highest BCUT2D eigenvalue weighted by molar-refractivity contribution is 6.32. The number of fused-ring (bicyclic) bond motifs is 1. The van der Waals surface area contributed by atoms with Gasteiger partial charge in [0, 0.05) is 18.4 Å². The highest BCUT2D eigenvalue weighted by Crippen LogP contribution is 2.37. The van der Waals surface area contributed by atoms with Crippen LogP contribution in [0.2, 0.25) is 5.02 Å². The molecule has 19 heavy (non-hydrogen) atoms. The van der Waals surface area contributed by atoms with Gasteiger partial charge in [-0.05, 0) is 19.0 Å². The smallest absolute Gasteiger partial charge is 0.220 e. The van der Waals surface area contributed by atoms with Gasteiger partial charge in [0.2, 0.25) is 5.91 Å². The minimum atomic E-state index is -0.0160. The van der Waals surface area contributed by atoms with Crippen LogP contribution in [0.3, 0.4) is 0 Å². The van der Waals surface area contributed by atoms with Gasteiger partial charge in [-0.3, -0.25) is 4.79 Å². The van der Waals surface area contributed by atoms with Gasteiger partial charge in [-0.2, -0.15) is 0 Å². The normalized spacial score (nSPS) is 16.8. The SMILES string of the molecule is Cl.NCCCC(=O)NC1CCOc2c(Cl)cccc21. The van der Waals surface area contributed by atoms with Gasteiger partial charge in [0.05, 0.1) is 17.7 Å². The second-order valence-electron chi connectivity index (χ2n) is 4.31. The second kappa shape index (κ2) is 7.58. The summed E-state index contributed by atoms with van der Waals surface area (Å²) in [6, 6.07) is 5.58. The van der Waals surface area contributed by atoms with Crippen molar-refractivity contribution in [1.82, 2.24) is 5.32 Å². The van der Waals surface area contributed by atoms with Crippen molar-refractivity contribution in [2.75, 3.05) is 13.2 Å². The van der Waals surface area contributed by atoms with Crippen molar-refractivity contribution < 1.29 is 9.53 Å². The molecule has 0 radical (unpaired) electrons. The maximum atomic E-state index is 11.7.